The number of rotatable bonds is 3. The van der Waals surface area contributed by atoms with Gasteiger partial charge in [0.1, 0.15) is 0 Å². The quantitative estimate of drug-likeness (QED) is 0.574. The van der Waals surface area contributed by atoms with Crippen LogP contribution >= 0.6 is 12.2 Å². The van der Waals surface area contributed by atoms with Crippen molar-refractivity contribution in [3.8, 4) is 0 Å². The fourth-order valence-electron chi connectivity index (χ4n) is 1.53. The molecule has 2 amide bonds. The normalized spacial score (nSPS) is 19.9. The van der Waals surface area contributed by atoms with Crippen molar-refractivity contribution in [1.82, 2.24) is 4.90 Å². The molecule has 1 rings (SSSR count). The number of amides is 2. The topological polar surface area (TPSA) is 63.4 Å². The van der Waals surface area contributed by atoms with Gasteiger partial charge in [0.25, 0.3) is 0 Å². The standard InChI is InChI=1S/C10H16N2O2S/c1-7(10(11)15)6-12-8(13)4-2-3-5-9(12)14/h7H,2-6H2,1H3,(H2,11,15). The molecule has 1 unspecified atom stereocenters. The maximum absolute atomic E-state index is 11.6. The number of hydrogen-bond acceptors (Lipinski definition) is 3. The van der Waals surface area contributed by atoms with Gasteiger partial charge in [-0.05, 0) is 12.8 Å². The molecule has 0 aromatic rings. The first-order valence-corrected chi connectivity index (χ1v) is 5.55. The van der Waals surface area contributed by atoms with Crippen molar-refractivity contribution < 1.29 is 9.59 Å². The van der Waals surface area contributed by atoms with Crippen molar-refractivity contribution in [3.05, 3.63) is 0 Å². The Morgan fingerprint density at radius 1 is 1.40 bits per heavy atom. The summed E-state index contributed by atoms with van der Waals surface area (Å²) < 4.78 is 0. The highest BCUT2D eigenvalue weighted by atomic mass is 32.1. The van der Waals surface area contributed by atoms with Crippen molar-refractivity contribution in [2.75, 3.05) is 6.54 Å². The number of nitrogens with two attached hydrogens (primary N) is 1. The van der Waals surface area contributed by atoms with Gasteiger partial charge in [-0.2, -0.15) is 0 Å². The Labute approximate surface area is 94.8 Å². The van der Waals surface area contributed by atoms with Crippen LogP contribution in [-0.2, 0) is 9.59 Å². The third-order valence-corrected chi connectivity index (χ3v) is 2.98. The minimum atomic E-state index is -0.106. The molecule has 5 heteroatoms. The first-order chi connectivity index (χ1) is 7.02. The second-order valence-electron chi connectivity index (χ2n) is 3.91. The van der Waals surface area contributed by atoms with Gasteiger partial charge in [0, 0.05) is 25.3 Å². The molecule has 2 N–H and O–H groups in total. The van der Waals surface area contributed by atoms with Crippen LogP contribution in [0, 0.1) is 5.92 Å². The molecule has 0 aromatic heterocycles. The molecule has 1 aliphatic heterocycles. The molecule has 0 saturated carbocycles. The highest BCUT2D eigenvalue weighted by Crippen LogP contribution is 2.14. The smallest absolute Gasteiger partial charge is 0.229 e. The van der Waals surface area contributed by atoms with Crippen molar-refractivity contribution >= 4 is 29.0 Å². The number of carbonyl (C=O) groups excluding carboxylic acids is 2. The second-order valence-corrected chi connectivity index (χ2v) is 4.38. The van der Waals surface area contributed by atoms with Gasteiger partial charge in [0.05, 0.1) is 4.99 Å². The first-order valence-electron chi connectivity index (χ1n) is 5.15. The molecular weight excluding hydrogens is 212 g/mol. The van der Waals surface area contributed by atoms with Crippen LogP contribution in [-0.4, -0.2) is 28.2 Å². The summed E-state index contributed by atoms with van der Waals surface area (Å²) in [6.45, 7) is 2.15. The van der Waals surface area contributed by atoms with Crippen LogP contribution in [0.3, 0.4) is 0 Å². The van der Waals surface area contributed by atoms with E-state index in [1.165, 1.54) is 4.90 Å². The highest BCUT2D eigenvalue weighted by Gasteiger charge is 2.25. The van der Waals surface area contributed by atoms with Crippen molar-refractivity contribution in [1.29, 1.82) is 0 Å². The van der Waals surface area contributed by atoms with E-state index in [9.17, 15) is 9.59 Å². The fourth-order valence-corrected chi connectivity index (χ4v) is 1.60. The molecule has 0 radical (unpaired) electrons. The molecule has 0 aromatic carbocycles. The van der Waals surface area contributed by atoms with E-state index in [0.717, 1.165) is 12.8 Å². The van der Waals surface area contributed by atoms with Crippen LogP contribution in [0.1, 0.15) is 32.6 Å². The summed E-state index contributed by atoms with van der Waals surface area (Å²) in [6, 6.07) is 0. The van der Waals surface area contributed by atoms with Crippen molar-refractivity contribution in [2.45, 2.75) is 32.6 Å². The summed E-state index contributed by atoms with van der Waals surface area (Å²) in [5.74, 6) is -0.299. The van der Waals surface area contributed by atoms with Crippen molar-refractivity contribution in [3.63, 3.8) is 0 Å². The Bertz CT molecular complexity index is 273. The summed E-state index contributed by atoms with van der Waals surface area (Å²) in [7, 11) is 0. The minimum absolute atomic E-state index is 0.0967. The number of carbonyl (C=O) groups is 2. The average Bonchev–Trinajstić information content (AvgIpc) is 2.32. The molecule has 15 heavy (non-hydrogen) atoms. The van der Waals surface area contributed by atoms with E-state index >= 15 is 0 Å². The minimum Gasteiger partial charge on any atom is -0.393 e. The number of thiocarbonyl (C=S) groups is 1. The predicted octanol–water partition coefficient (Wildman–Crippen LogP) is 0.838. The number of hydrogen-bond donors (Lipinski definition) is 1. The van der Waals surface area contributed by atoms with Gasteiger partial charge < -0.3 is 5.73 Å². The van der Waals surface area contributed by atoms with Crippen LogP contribution in [0.25, 0.3) is 0 Å². The molecule has 0 spiro atoms. The number of nitrogens with zero attached hydrogens (tertiary/aromatic N) is 1. The summed E-state index contributed by atoms with van der Waals surface area (Å²) in [5, 5.41) is 0. The van der Waals surface area contributed by atoms with Gasteiger partial charge >= 0.3 is 0 Å². The lowest BCUT2D eigenvalue weighted by atomic mass is 10.1. The van der Waals surface area contributed by atoms with E-state index in [0.29, 0.717) is 24.4 Å². The largest absolute Gasteiger partial charge is 0.393 e. The third-order valence-electron chi connectivity index (χ3n) is 2.58. The van der Waals surface area contributed by atoms with E-state index in [2.05, 4.69) is 0 Å². The molecule has 0 aliphatic carbocycles. The monoisotopic (exact) mass is 228 g/mol. The Kier molecular flexibility index (Phi) is 4.20. The van der Waals surface area contributed by atoms with E-state index in [1.54, 1.807) is 0 Å². The maximum atomic E-state index is 11.6. The maximum Gasteiger partial charge on any atom is 0.229 e. The van der Waals surface area contributed by atoms with Gasteiger partial charge in [0.15, 0.2) is 0 Å². The fraction of sp³-hybridized carbons (Fsp3) is 0.700. The Morgan fingerprint density at radius 2 is 1.87 bits per heavy atom. The van der Waals surface area contributed by atoms with Crippen LogP contribution in [0.4, 0.5) is 0 Å². The summed E-state index contributed by atoms with van der Waals surface area (Å²) >= 11 is 4.83. The van der Waals surface area contributed by atoms with Crippen LogP contribution in [0.15, 0.2) is 0 Å². The lowest BCUT2D eigenvalue weighted by molar-refractivity contribution is -0.144. The SMILES string of the molecule is CC(CN1C(=O)CCCCC1=O)C(N)=S. The highest BCUT2D eigenvalue weighted by molar-refractivity contribution is 7.80. The Balaban J connectivity index is 2.67. The van der Waals surface area contributed by atoms with Gasteiger partial charge in [-0.25, -0.2) is 0 Å². The number of likely N-dealkylation sites (tertiary alicyclic amines) is 1. The predicted molar refractivity (Wildman–Crippen MR) is 61.1 cm³/mol. The van der Waals surface area contributed by atoms with E-state index in [1.807, 2.05) is 6.92 Å². The zero-order chi connectivity index (χ0) is 11.4. The summed E-state index contributed by atoms with van der Waals surface area (Å²) in [6.07, 6.45) is 2.50. The molecule has 1 aliphatic rings. The van der Waals surface area contributed by atoms with Crippen LogP contribution in [0.5, 0.6) is 0 Å². The first kappa shape index (κ1) is 12.1. The molecule has 4 nitrogen and oxygen atoms in total. The molecule has 1 saturated heterocycles. The molecule has 84 valence electrons. The Hall–Kier alpha value is -0.970. The summed E-state index contributed by atoms with van der Waals surface area (Å²) in [5.41, 5.74) is 5.47. The summed E-state index contributed by atoms with van der Waals surface area (Å²) in [4.78, 5) is 24.9. The third kappa shape index (κ3) is 3.27. The van der Waals surface area contributed by atoms with Gasteiger partial charge in [-0.1, -0.05) is 19.1 Å². The van der Waals surface area contributed by atoms with E-state index in [4.69, 9.17) is 18.0 Å². The lowest BCUT2D eigenvalue weighted by Crippen LogP contribution is -2.41. The van der Waals surface area contributed by atoms with Gasteiger partial charge in [0.2, 0.25) is 11.8 Å². The zero-order valence-electron chi connectivity index (χ0n) is 8.86. The van der Waals surface area contributed by atoms with E-state index in [-0.39, 0.29) is 17.7 Å². The van der Waals surface area contributed by atoms with Gasteiger partial charge in [-0.15, -0.1) is 0 Å². The zero-order valence-corrected chi connectivity index (χ0v) is 9.68. The van der Waals surface area contributed by atoms with Crippen LogP contribution in [0.2, 0.25) is 0 Å². The molecular formula is C10H16N2O2S. The Morgan fingerprint density at radius 3 is 2.27 bits per heavy atom. The van der Waals surface area contributed by atoms with Gasteiger partial charge in [-0.3, -0.25) is 14.5 Å². The van der Waals surface area contributed by atoms with E-state index < -0.39 is 0 Å². The molecule has 0 bridgehead atoms. The average molecular weight is 228 g/mol. The molecule has 1 heterocycles. The van der Waals surface area contributed by atoms with Crippen LogP contribution < -0.4 is 5.73 Å². The lowest BCUT2D eigenvalue weighted by Gasteiger charge is -2.22. The molecule has 1 atom stereocenters. The number of imide groups is 1. The second kappa shape index (κ2) is 5.21. The van der Waals surface area contributed by atoms with Crippen molar-refractivity contribution in [2.24, 2.45) is 11.7 Å². The molecule has 1 fully saturated rings.